The molecule has 0 aliphatic carbocycles. The molecule has 88 valence electrons. The molecule has 16 heavy (non-hydrogen) atoms. The van der Waals surface area contributed by atoms with Crippen LogP contribution in [0.1, 0.15) is 18.9 Å². The quantitative estimate of drug-likeness (QED) is 0.783. The summed E-state index contributed by atoms with van der Waals surface area (Å²) in [6.45, 7) is 1.55. The van der Waals surface area contributed by atoms with Gasteiger partial charge in [-0.25, -0.2) is 4.39 Å². The Kier molecular flexibility index (Phi) is 3.51. The van der Waals surface area contributed by atoms with Crippen molar-refractivity contribution in [3.63, 3.8) is 0 Å². The molecule has 0 unspecified atom stereocenters. The van der Waals surface area contributed by atoms with E-state index in [1.54, 1.807) is 6.92 Å². The van der Waals surface area contributed by atoms with Gasteiger partial charge in [-0.05, 0) is 18.2 Å². The Hall–Kier alpha value is -1.59. The highest BCUT2D eigenvalue weighted by atomic mass is 19.4. The highest BCUT2D eigenvalue weighted by Crippen LogP contribution is 2.31. The SMILES string of the molecule is CCC(=O)Nc1ccc(C(F)(F)F)cc1F. The summed E-state index contributed by atoms with van der Waals surface area (Å²) in [5.41, 5.74) is -1.33. The van der Waals surface area contributed by atoms with Gasteiger partial charge < -0.3 is 5.32 Å². The molecule has 0 saturated carbocycles. The van der Waals surface area contributed by atoms with E-state index in [2.05, 4.69) is 5.32 Å². The second kappa shape index (κ2) is 4.51. The molecule has 1 N–H and O–H groups in total. The van der Waals surface area contributed by atoms with Gasteiger partial charge in [-0.2, -0.15) is 13.2 Å². The molecule has 0 spiro atoms. The number of hydrogen-bond donors (Lipinski definition) is 1. The lowest BCUT2D eigenvalue weighted by atomic mass is 10.2. The van der Waals surface area contributed by atoms with Crippen molar-refractivity contribution in [3.8, 4) is 0 Å². The molecule has 0 aromatic heterocycles. The molecule has 2 nitrogen and oxygen atoms in total. The van der Waals surface area contributed by atoms with Crippen molar-refractivity contribution in [2.24, 2.45) is 0 Å². The number of rotatable bonds is 2. The van der Waals surface area contributed by atoms with Crippen LogP contribution >= 0.6 is 0 Å². The number of amides is 1. The van der Waals surface area contributed by atoms with Crippen LogP contribution < -0.4 is 5.32 Å². The smallest absolute Gasteiger partial charge is 0.324 e. The molecular formula is C10H9F4NO. The lowest BCUT2D eigenvalue weighted by Gasteiger charge is -2.09. The van der Waals surface area contributed by atoms with E-state index in [1.165, 1.54) is 0 Å². The van der Waals surface area contributed by atoms with Crippen molar-refractivity contribution in [2.75, 3.05) is 5.32 Å². The maximum Gasteiger partial charge on any atom is 0.416 e. The summed E-state index contributed by atoms with van der Waals surface area (Å²) < 4.78 is 49.7. The topological polar surface area (TPSA) is 29.1 Å². The largest absolute Gasteiger partial charge is 0.416 e. The minimum absolute atomic E-state index is 0.125. The molecule has 6 heteroatoms. The Bertz CT molecular complexity index is 400. The highest BCUT2D eigenvalue weighted by molar-refractivity contribution is 5.90. The van der Waals surface area contributed by atoms with Gasteiger partial charge in [0.1, 0.15) is 5.82 Å². The van der Waals surface area contributed by atoms with Crippen molar-refractivity contribution in [3.05, 3.63) is 29.6 Å². The van der Waals surface area contributed by atoms with Crippen LogP contribution in [0.4, 0.5) is 23.2 Å². The van der Waals surface area contributed by atoms with Crippen LogP contribution in [0.3, 0.4) is 0 Å². The fourth-order valence-corrected chi connectivity index (χ4v) is 1.03. The molecule has 0 saturated heterocycles. The zero-order chi connectivity index (χ0) is 12.3. The molecule has 1 rings (SSSR count). The van der Waals surface area contributed by atoms with Crippen LogP contribution in [0.5, 0.6) is 0 Å². The minimum Gasteiger partial charge on any atom is -0.324 e. The number of alkyl halides is 3. The van der Waals surface area contributed by atoms with Gasteiger partial charge in [0.2, 0.25) is 5.91 Å². The molecular weight excluding hydrogens is 226 g/mol. The lowest BCUT2D eigenvalue weighted by molar-refractivity contribution is -0.137. The van der Waals surface area contributed by atoms with E-state index in [0.717, 1.165) is 6.07 Å². The Balaban J connectivity index is 2.96. The first kappa shape index (κ1) is 12.5. The third-order valence-electron chi connectivity index (χ3n) is 1.89. The number of benzene rings is 1. The maximum absolute atomic E-state index is 13.2. The second-order valence-electron chi connectivity index (χ2n) is 3.09. The molecule has 0 bridgehead atoms. The number of hydrogen-bond acceptors (Lipinski definition) is 1. The standard InChI is InChI=1S/C10H9F4NO/c1-2-9(16)15-8-4-3-6(5-7(8)11)10(12,13)14/h3-5H,2H2,1H3,(H,15,16). The molecule has 0 fully saturated rings. The van der Waals surface area contributed by atoms with Crippen molar-refractivity contribution in [2.45, 2.75) is 19.5 Å². The van der Waals surface area contributed by atoms with E-state index in [4.69, 9.17) is 0 Å². The number of nitrogens with one attached hydrogen (secondary N) is 1. The molecule has 1 aromatic rings. The molecule has 0 heterocycles. The molecule has 0 aliphatic rings. The van der Waals surface area contributed by atoms with E-state index < -0.39 is 23.5 Å². The third-order valence-corrected chi connectivity index (χ3v) is 1.89. The number of halogens is 4. The Morgan fingerprint density at radius 2 is 2.00 bits per heavy atom. The molecule has 0 aliphatic heterocycles. The zero-order valence-corrected chi connectivity index (χ0v) is 8.36. The monoisotopic (exact) mass is 235 g/mol. The van der Waals surface area contributed by atoms with E-state index >= 15 is 0 Å². The number of anilines is 1. The van der Waals surface area contributed by atoms with Crippen LogP contribution in [0.15, 0.2) is 18.2 Å². The summed E-state index contributed by atoms with van der Waals surface area (Å²) in [4.78, 5) is 10.9. The Labute approximate surface area is 89.3 Å². The minimum atomic E-state index is -4.59. The fraction of sp³-hybridized carbons (Fsp3) is 0.300. The van der Waals surface area contributed by atoms with Gasteiger partial charge in [-0.1, -0.05) is 6.92 Å². The van der Waals surface area contributed by atoms with E-state index in [9.17, 15) is 22.4 Å². The Morgan fingerprint density at radius 3 is 2.44 bits per heavy atom. The highest BCUT2D eigenvalue weighted by Gasteiger charge is 2.31. The van der Waals surface area contributed by atoms with Crippen LogP contribution in [0.2, 0.25) is 0 Å². The summed E-state index contributed by atoms with van der Waals surface area (Å²) in [6.07, 6.45) is -4.46. The van der Waals surface area contributed by atoms with Crippen molar-refractivity contribution >= 4 is 11.6 Å². The van der Waals surface area contributed by atoms with Crippen molar-refractivity contribution in [1.82, 2.24) is 0 Å². The normalized spacial score (nSPS) is 11.3. The number of carbonyl (C=O) groups is 1. The predicted molar refractivity (Wildman–Crippen MR) is 50.3 cm³/mol. The van der Waals surface area contributed by atoms with Gasteiger partial charge in [0.25, 0.3) is 0 Å². The zero-order valence-electron chi connectivity index (χ0n) is 8.36. The predicted octanol–water partition coefficient (Wildman–Crippen LogP) is 3.19. The van der Waals surface area contributed by atoms with Gasteiger partial charge in [0.05, 0.1) is 11.3 Å². The van der Waals surface area contributed by atoms with Crippen LogP contribution in [-0.2, 0) is 11.0 Å². The second-order valence-corrected chi connectivity index (χ2v) is 3.09. The molecule has 0 atom stereocenters. The lowest BCUT2D eigenvalue weighted by Crippen LogP contribution is -2.12. The van der Waals surface area contributed by atoms with E-state index in [1.807, 2.05) is 0 Å². The van der Waals surface area contributed by atoms with Crippen LogP contribution in [0.25, 0.3) is 0 Å². The first-order valence-corrected chi connectivity index (χ1v) is 4.51. The molecule has 0 radical (unpaired) electrons. The van der Waals surface area contributed by atoms with Gasteiger partial charge in [0, 0.05) is 6.42 Å². The fourth-order valence-electron chi connectivity index (χ4n) is 1.03. The summed E-state index contributed by atoms with van der Waals surface area (Å²) in [6, 6.07) is 1.96. The van der Waals surface area contributed by atoms with Gasteiger partial charge in [-0.3, -0.25) is 4.79 Å². The molecule has 1 aromatic carbocycles. The Morgan fingerprint density at radius 1 is 1.38 bits per heavy atom. The summed E-state index contributed by atoms with van der Waals surface area (Å²) in [7, 11) is 0. The maximum atomic E-state index is 13.2. The van der Waals surface area contributed by atoms with E-state index in [-0.39, 0.29) is 12.1 Å². The summed E-state index contributed by atoms with van der Waals surface area (Å²) in [5, 5.41) is 2.16. The summed E-state index contributed by atoms with van der Waals surface area (Å²) >= 11 is 0. The van der Waals surface area contributed by atoms with Crippen molar-refractivity contribution in [1.29, 1.82) is 0 Å². The first-order valence-electron chi connectivity index (χ1n) is 4.51. The van der Waals surface area contributed by atoms with Gasteiger partial charge in [0.15, 0.2) is 0 Å². The van der Waals surface area contributed by atoms with E-state index in [0.29, 0.717) is 12.1 Å². The molecule has 1 amide bonds. The van der Waals surface area contributed by atoms with Gasteiger partial charge >= 0.3 is 6.18 Å². The average molecular weight is 235 g/mol. The summed E-state index contributed by atoms with van der Waals surface area (Å²) in [5.74, 6) is -1.56. The number of carbonyl (C=O) groups excluding carboxylic acids is 1. The van der Waals surface area contributed by atoms with Gasteiger partial charge in [-0.15, -0.1) is 0 Å². The van der Waals surface area contributed by atoms with Crippen LogP contribution in [0, 0.1) is 5.82 Å². The van der Waals surface area contributed by atoms with Crippen molar-refractivity contribution < 1.29 is 22.4 Å². The third kappa shape index (κ3) is 2.95. The average Bonchev–Trinajstić information content (AvgIpc) is 2.19. The first-order chi connectivity index (χ1) is 7.34. The van der Waals surface area contributed by atoms with Crippen LogP contribution in [-0.4, -0.2) is 5.91 Å².